The van der Waals surface area contributed by atoms with E-state index in [9.17, 15) is 28.8 Å². The first-order chi connectivity index (χ1) is 14.9. The fourth-order valence-corrected chi connectivity index (χ4v) is 2.68. The predicted molar refractivity (Wildman–Crippen MR) is 113 cm³/mol. The summed E-state index contributed by atoms with van der Waals surface area (Å²) in [5.41, 5.74) is 10.8. The second kappa shape index (κ2) is 15.0. The van der Waals surface area contributed by atoms with Crippen LogP contribution in [0.5, 0.6) is 0 Å². The van der Waals surface area contributed by atoms with E-state index in [0.717, 1.165) is 0 Å². The molecule has 0 aliphatic heterocycles. The zero-order chi connectivity index (χ0) is 24.8. The number of hydrogen-bond donors (Lipinski definition) is 9. The van der Waals surface area contributed by atoms with Crippen LogP contribution in [-0.4, -0.2) is 87.4 Å². The topological polar surface area (TPSA) is 251 Å². The van der Waals surface area contributed by atoms with Gasteiger partial charge in [-0.15, -0.1) is 0 Å². The molecule has 10 N–H and O–H groups in total. The minimum Gasteiger partial charge on any atom is -0.481 e. The standard InChI is InChI=1S/C17H29N5O9S/c18-4-2-1-3-9(15(28)22-11(7-32)17(30)31)20-16(29)10(6-13(25)26)21-14(27)8(19)5-12(23)24/h8-11,32H,1-7,18-19H2,(H,20,29)(H,21,27)(H,22,28)(H,23,24)(H,25,26)(H,30,31). The van der Waals surface area contributed by atoms with E-state index >= 15 is 0 Å². The van der Waals surface area contributed by atoms with Gasteiger partial charge in [0.05, 0.1) is 18.9 Å². The van der Waals surface area contributed by atoms with E-state index in [1.165, 1.54) is 0 Å². The molecule has 3 amide bonds. The van der Waals surface area contributed by atoms with Crippen molar-refractivity contribution in [2.75, 3.05) is 12.3 Å². The molecular weight excluding hydrogens is 450 g/mol. The number of hydrogen-bond acceptors (Lipinski definition) is 9. The lowest BCUT2D eigenvalue weighted by Crippen LogP contribution is -2.57. The van der Waals surface area contributed by atoms with E-state index in [1.54, 1.807) is 0 Å². The van der Waals surface area contributed by atoms with Crippen molar-refractivity contribution in [3.8, 4) is 0 Å². The predicted octanol–water partition coefficient (Wildman–Crippen LogP) is -3.14. The first-order valence-corrected chi connectivity index (χ1v) is 10.2. The Hall–Kier alpha value is -2.91. The molecule has 0 aromatic heterocycles. The van der Waals surface area contributed by atoms with Crippen LogP contribution in [-0.2, 0) is 28.8 Å². The monoisotopic (exact) mass is 479 g/mol. The van der Waals surface area contributed by atoms with Gasteiger partial charge in [0.15, 0.2) is 0 Å². The average Bonchev–Trinajstić information content (AvgIpc) is 2.69. The van der Waals surface area contributed by atoms with Crippen molar-refractivity contribution >= 4 is 48.3 Å². The molecule has 0 saturated heterocycles. The molecule has 0 spiro atoms. The summed E-state index contributed by atoms with van der Waals surface area (Å²) >= 11 is 3.84. The lowest BCUT2D eigenvalue weighted by Gasteiger charge is -2.24. The first-order valence-electron chi connectivity index (χ1n) is 9.56. The van der Waals surface area contributed by atoms with Gasteiger partial charge in [0.2, 0.25) is 17.7 Å². The number of carboxylic acid groups (broad SMARTS) is 3. The van der Waals surface area contributed by atoms with E-state index < -0.39 is 72.6 Å². The largest absolute Gasteiger partial charge is 0.481 e. The van der Waals surface area contributed by atoms with Crippen molar-refractivity contribution in [2.45, 2.75) is 56.3 Å². The maximum Gasteiger partial charge on any atom is 0.327 e. The van der Waals surface area contributed by atoms with Crippen LogP contribution in [0.25, 0.3) is 0 Å². The summed E-state index contributed by atoms with van der Waals surface area (Å²) in [6, 6.07) is -5.78. The number of carboxylic acids is 3. The minimum absolute atomic E-state index is 0.0555. The summed E-state index contributed by atoms with van der Waals surface area (Å²) in [5.74, 6) is -7.36. The van der Waals surface area contributed by atoms with Gasteiger partial charge in [0.1, 0.15) is 18.1 Å². The van der Waals surface area contributed by atoms with E-state index in [0.29, 0.717) is 19.4 Å². The van der Waals surface area contributed by atoms with Crippen LogP contribution in [0.4, 0.5) is 0 Å². The molecule has 0 saturated carbocycles. The molecule has 0 aromatic rings. The van der Waals surface area contributed by atoms with Crippen LogP contribution in [0.3, 0.4) is 0 Å². The lowest BCUT2D eigenvalue weighted by molar-refractivity contribution is -0.143. The summed E-state index contributed by atoms with van der Waals surface area (Å²) in [5, 5.41) is 33.4. The highest BCUT2D eigenvalue weighted by Gasteiger charge is 2.31. The van der Waals surface area contributed by atoms with E-state index in [4.69, 9.17) is 26.8 Å². The van der Waals surface area contributed by atoms with Crippen molar-refractivity contribution in [1.29, 1.82) is 0 Å². The molecule has 15 heteroatoms. The minimum atomic E-state index is -1.66. The SMILES string of the molecule is NCCCCC(NC(=O)C(CC(=O)O)NC(=O)C(N)CC(=O)O)C(=O)NC(CS)C(=O)O. The molecule has 32 heavy (non-hydrogen) atoms. The molecule has 0 rings (SSSR count). The Morgan fingerprint density at radius 1 is 0.750 bits per heavy atom. The lowest BCUT2D eigenvalue weighted by atomic mass is 10.1. The van der Waals surface area contributed by atoms with Gasteiger partial charge in [-0.1, -0.05) is 0 Å². The van der Waals surface area contributed by atoms with Gasteiger partial charge in [-0.05, 0) is 25.8 Å². The number of aliphatic carboxylic acids is 3. The summed E-state index contributed by atoms with van der Waals surface area (Å²) in [6.07, 6.45) is -0.693. The van der Waals surface area contributed by atoms with Crippen LogP contribution >= 0.6 is 12.6 Å². The molecule has 14 nitrogen and oxygen atoms in total. The van der Waals surface area contributed by atoms with Gasteiger partial charge < -0.3 is 42.7 Å². The summed E-state index contributed by atoms with van der Waals surface area (Å²) in [4.78, 5) is 70.1. The number of amides is 3. The summed E-state index contributed by atoms with van der Waals surface area (Å²) in [6.45, 7) is 0.301. The zero-order valence-corrected chi connectivity index (χ0v) is 18.0. The highest BCUT2D eigenvalue weighted by Crippen LogP contribution is 2.05. The smallest absolute Gasteiger partial charge is 0.327 e. The number of carbonyl (C=O) groups excluding carboxylic acids is 3. The molecule has 0 heterocycles. The zero-order valence-electron chi connectivity index (χ0n) is 17.2. The maximum atomic E-state index is 12.6. The first kappa shape index (κ1) is 29.1. The van der Waals surface area contributed by atoms with Gasteiger partial charge in [0.25, 0.3) is 0 Å². The Bertz CT molecular complexity index is 706. The second-order valence-electron chi connectivity index (χ2n) is 6.79. The average molecular weight is 480 g/mol. The Labute approximate surface area is 188 Å². The van der Waals surface area contributed by atoms with Gasteiger partial charge in [-0.3, -0.25) is 24.0 Å². The highest BCUT2D eigenvalue weighted by molar-refractivity contribution is 7.80. The van der Waals surface area contributed by atoms with Crippen LogP contribution in [0.15, 0.2) is 0 Å². The molecule has 4 unspecified atom stereocenters. The Morgan fingerprint density at radius 2 is 1.25 bits per heavy atom. The van der Waals surface area contributed by atoms with Crippen LogP contribution in [0.2, 0.25) is 0 Å². The molecule has 4 atom stereocenters. The fourth-order valence-electron chi connectivity index (χ4n) is 2.44. The molecule has 0 bridgehead atoms. The number of nitrogens with one attached hydrogen (secondary N) is 3. The number of thiol groups is 1. The highest BCUT2D eigenvalue weighted by atomic mass is 32.1. The maximum absolute atomic E-state index is 12.6. The van der Waals surface area contributed by atoms with E-state index in [2.05, 4.69) is 28.6 Å². The third-order valence-corrected chi connectivity index (χ3v) is 4.49. The van der Waals surface area contributed by atoms with Crippen molar-refractivity contribution in [1.82, 2.24) is 16.0 Å². The number of rotatable bonds is 16. The van der Waals surface area contributed by atoms with Crippen molar-refractivity contribution in [2.24, 2.45) is 11.5 Å². The van der Waals surface area contributed by atoms with Gasteiger partial charge in [-0.25, -0.2) is 4.79 Å². The van der Waals surface area contributed by atoms with Gasteiger partial charge in [0, 0.05) is 5.75 Å². The van der Waals surface area contributed by atoms with Gasteiger partial charge in [-0.2, -0.15) is 12.6 Å². The summed E-state index contributed by atoms with van der Waals surface area (Å²) in [7, 11) is 0. The van der Waals surface area contributed by atoms with Crippen molar-refractivity contribution in [3.63, 3.8) is 0 Å². The fraction of sp³-hybridized carbons (Fsp3) is 0.647. The van der Waals surface area contributed by atoms with Crippen molar-refractivity contribution in [3.05, 3.63) is 0 Å². The molecule has 0 radical (unpaired) electrons. The van der Waals surface area contributed by atoms with E-state index in [-0.39, 0.29) is 12.2 Å². The molecule has 0 aromatic carbocycles. The third-order valence-electron chi connectivity index (χ3n) is 4.12. The van der Waals surface area contributed by atoms with Crippen LogP contribution in [0.1, 0.15) is 32.1 Å². The van der Waals surface area contributed by atoms with Crippen molar-refractivity contribution < 1.29 is 44.1 Å². The van der Waals surface area contributed by atoms with Crippen LogP contribution < -0.4 is 27.4 Å². The quantitative estimate of drug-likeness (QED) is 0.0789. The Balaban J connectivity index is 5.44. The molecule has 0 fully saturated rings. The summed E-state index contributed by atoms with van der Waals surface area (Å²) < 4.78 is 0. The Kier molecular flexibility index (Phi) is 13.6. The van der Waals surface area contributed by atoms with Gasteiger partial charge >= 0.3 is 17.9 Å². The number of nitrogens with two attached hydrogens (primary N) is 2. The number of carbonyl (C=O) groups is 6. The third kappa shape index (κ3) is 11.5. The normalized spacial score (nSPS) is 14.3. The molecule has 182 valence electrons. The molecule has 0 aliphatic carbocycles. The molecular formula is C17H29N5O9S. The number of unbranched alkanes of at least 4 members (excludes halogenated alkanes) is 1. The van der Waals surface area contributed by atoms with E-state index in [1.807, 2.05) is 0 Å². The Morgan fingerprint density at radius 3 is 1.72 bits per heavy atom. The molecule has 0 aliphatic rings. The van der Waals surface area contributed by atoms with Crippen LogP contribution in [0, 0.1) is 0 Å². The second-order valence-corrected chi connectivity index (χ2v) is 7.16.